The Hall–Kier alpha value is -1.61. The van der Waals surface area contributed by atoms with Crippen LogP contribution < -0.4 is 4.74 Å². The number of Topliss-reactive ketones (excluding diaryl/α,β-unsaturated/α-hetero) is 1. The van der Waals surface area contributed by atoms with Crippen molar-refractivity contribution in [2.75, 3.05) is 6.61 Å². The average Bonchev–Trinajstić information content (AvgIpc) is 2.94. The monoisotopic (exact) mass is 286 g/mol. The van der Waals surface area contributed by atoms with E-state index in [1.165, 1.54) is 9.75 Å². The summed E-state index contributed by atoms with van der Waals surface area (Å²) in [5.74, 6) is 1.22. The molecule has 0 amide bonds. The van der Waals surface area contributed by atoms with Crippen LogP contribution in [-0.2, 0) is 24.1 Å². The highest BCUT2D eigenvalue weighted by Crippen LogP contribution is 2.28. The number of benzene rings is 1. The zero-order valence-corrected chi connectivity index (χ0v) is 12.4. The van der Waals surface area contributed by atoms with Crippen molar-refractivity contribution >= 4 is 17.1 Å². The summed E-state index contributed by atoms with van der Waals surface area (Å²) in [5, 5.41) is 0. The number of carbonyl (C=O) groups excluding carboxylic acids is 1. The lowest BCUT2D eigenvalue weighted by Gasteiger charge is -2.24. The summed E-state index contributed by atoms with van der Waals surface area (Å²) in [6.45, 7) is 2.66. The molecule has 104 valence electrons. The maximum atomic E-state index is 12.4. The first-order valence-electron chi connectivity index (χ1n) is 7.07. The van der Waals surface area contributed by atoms with Crippen molar-refractivity contribution in [2.24, 2.45) is 5.92 Å². The van der Waals surface area contributed by atoms with Gasteiger partial charge in [-0.25, -0.2) is 0 Å². The fraction of sp³-hybridized carbons (Fsp3) is 0.353. The van der Waals surface area contributed by atoms with Crippen LogP contribution in [0.2, 0.25) is 0 Å². The van der Waals surface area contributed by atoms with E-state index in [4.69, 9.17) is 4.74 Å². The van der Waals surface area contributed by atoms with Gasteiger partial charge in [0.25, 0.3) is 0 Å². The zero-order chi connectivity index (χ0) is 13.9. The Labute approximate surface area is 123 Å². The first-order chi connectivity index (χ1) is 9.76. The van der Waals surface area contributed by atoms with Crippen LogP contribution in [0.3, 0.4) is 0 Å². The second-order valence-electron chi connectivity index (χ2n) is 5.18. The van der Waals surface area contributed by atoms with Crippen molar-refractivity contribution < 1.29 is 9.53 Å². The van der Waals surface area contributed by atoms with Gasteiger partial charge in [-0.2, -0.15) is 0 Å². The first kappa shape index (κ1) is 13.4. The molecule has 0 bridgehead atoms. The highest BCUT2D eigenvalue weighted by atomic mass is 32.1. The summed E-state index contributed by atoms with van der Waals surface area (Å²) in [6.07, 6.45) is 2.39. The Morgan fingerprint density at radius 1 is 1.25 bits per heavy atom. The minimum Gasteiger partial charge on any atom is -0.493 e. The summed E-state index contributed by atoms with van der Waals surface area (Å²) in [6, 6.07) is 12.2. The van der Waals surface area contributed by atoms with Gasteiger partial charge in [0.15, 0.2) is 0 Å². The van der Waals surface area contributed by atoms with E-state index >= 15 is 0 Å². The van der Waals surface area contributed by atoms with Crippen LogP contribution in [0.1, 0.15) is 22.2 Å². The van der Waals surface area contributed by atoms with E-state index in [1.54, 1.807) is 11.3 Å². The van der Waals surface area contributed by atoms with Gasteiger partial charge in [0.1, 0.15) is 11.5 Å². The van der Waals surface area contributed by atoms with E-state index in [1.807, 2.05) is 18.2 Å². The molecule has 2 heterocycles. The van der Waals surface area contributed by atoms with Gasteiger partial charge in [-0.15, -0.1) is 11.3 Å². The molecule has 1 aromatic heterocycles. The molecule has 0 spiro atoms. The van der Waals surface area contributed by atoms with Crippen LogP contribution in [0.15, 0.2) is 36.4 Å². The van der Waals surface area contributed by atoms with E-state index in [2.05, 4.69) is 25.1 Å². The summed E-state index contributed by atoms with van der Waals surface area (Å²) < 4.78 is 5.70. The van der Waals surface area contributed by atoms with E-state index in [-0.39, 0.29) is 5.92 Å². The van der Waals surface area contributed by atoms with Gasteiger partial charge in [-0.05, 0) is 36.6 Å². The fourth-order valence-corrected chi connectivity index (χ4v) is 3.53. The Balaban J connectivity index is 1.67. The molecule has 3 heteroatoms. The van der Waals surface area contributed by atoms with Crippen molar-refractivity contribution in [1.29, 1.82) is 0 Å². The van der Waals surface area contributed by atoms with E-state index in [9.17, 15) is 4.79 Å². The second-order valence-corrected chi connectivity index (χ2v) is 6.44. The van der Waals surface area contributed by atoms with Crippen LogP contribution in [0.25, 0.3) is 0 Å². The Kier molecular flexibility index (Phi) is 3.88. The highest BCUT2D eigenvalue weighted by Gasteiger charge is 2.25. The standard InChI is InChI=1S/C17H18O2S/c1-2-14-7-8-15(20-14)10-16(18)13-9-12-5-3-4-6-17(12)19-11-13/h3-8,13H,2,9-11H2,1H3. The van der Waals surface area contributed by atoms with Crippen LogP contribution in [0.5, 0.6) is 5.75 Å². The normalized spacial score (nSPS) is 17.4. The molecule has 0 aliphatic carbocycles. The Morgan fingerprint density at radius 2 is 2.05 bits per heavy atom. The van der Waals surface area contributed by atoms with Gasteiger partial charge in [-0.3, -0.25) is 4.79 Å². The lowest BCUT2D eigenvalue weighted by atomic mass is 9.91. The molecule has 20 heavy (non-hydrogen) atoms. The number of para-hydroxylation sites is 1. The summed E-state index contributed by atoms with van der Waals surface area (Å²) in [7, 11) is 0. The van der Waals surface area contributed by atoms with E-state index < -0.39 is 0 Å². The molecule has 1 aromatic carbocycles. The van der Waals surface area contributed by atoms with Crippen LogP contribution in [0, 0.1) is 5.92 Å². The second kappa shape index (κ2) is 5.80. The minimum atomic E-state index is -0.00271. The number of fused-ring (bicyclic) bond motifs is 1. The molecule has 1 aliphatic heterocycles. The lowest BCUT2D eigenvalue weighted by Crippen LogP contribution is -2.29. The predicted octanol–water partition coefficient (Wildman–Crippen LogP) is 3.67. The third-order valence-corrected chi connectivity index (χ3v) is 4.98. The minimum absolute atomic E-state index is 0.00271. The molecule has 0 radical (unpaired) electrons. The number of hydrogen-bond donors (Lipinski definition) is 0. The molecule has 1 unspecified atom stereocenters. The third kappa shape index (κ3) is 2.78. The van der Waals surface area contributed by atoms with Gasteiger partial charge in [0.2, 0.25) is 0 Å². The molecule has 0 saturated carbocycles. The first-order valence-corrected chi connectivity index (χ1v) is 7.89. The quantitative estimate of drug-likeness (QED) is 0.857. The average molecular weight is 286 g/mol. The van der Waals surface area contributed by atoms with E-state index in [0.29, 0.717) is 18.8 Å². The van der Waals surface area contributed by atoms with Crippen molar-refractivity contribution in [3.8, 4) is 5.75 Å². The Bertz CT molecular complexity index is 615. The summed E-state index contributed by atoms with van der Waals surface area (Å²) in [5.41, 5.74) is 1.15. The number of thiophene rings is 1. The molecule has 2 nitrogen and oxygen atoms in total. The maximum Gasteiger partial charge on any atom is 0.144 e. The number of hydrogen-bond acceptors (Lipinski definition) is 3. The van der Waals surface area contributed by atoms with Crippen molar-refractivity contribution in [3.05, 3.63) is 51.7 Å². The molecule has 0 N–H and O–H groups in total. The third-order valence-electron chi connectivity index (χ3n) is 3.75. The van der Waals surface area contributed by atoms with Crippen LogP contribution in [0.4, 0.5) is 0 Å². The van der Waals surface area contributed by atoms with Gasteiger partial charge >= 0.3 is 0 Å². The fourth-order valence-electron chi connectivity index (χ4n) is 2.56. The maximum absolute atomic E-state index is 12.4. The largest absolute Gasteiger partial charge is 0.493 e. The van der Waals surface area contributed by atoms with Crippen molar-refractivity contribution in [3.63, 3.8) is 0 Å². The summed E-state index contributed by atoms with van der Waals surface area (Å²) >= 11 is 1.75. The lowest BCUT2D eigenvalue weighted by molar-refractivity contribution is -0.123. The smallest absolute Gasteiger partial charge is 0.144 e. The number of carbonyl (C=O) groups is 1. The number of ether oxygens (including phenoxy) is 1. The number of ketones is 1. The molecular weight excluding hydrogens is 268 g/mol. The number of aryl methyl sites for hydroxylation is 1. The van der Waals surface area contributed by atoms with Gasteiger partial charge in [0, 0.05) is 16.2 Å². The molecule has 0 fully saturated rings. The molecule has 2 aromatic rings. The van der Waals surface area contributed by atoms with Gasteiger partial charge in [-0.1, -0.05) is 25.1 Å². The topological polar surface area (TPSA) is 26.3 Å². The van der Waals surface area contributed by atoms with Gasteiger partial charge in [0.05, 0.1) is 12.5 Å². The molecule has 1 aliphatic rings. The Morgan fingerprint density at radius 3 is 2.85 bits per heavy atom. The van der Waals surface area contributed by atoms with E-state index in [0.717, 1.165) is 24.2 Å². The summed E-state index contributed by atoms with van der Waals surface area (Å²) in [4.78, 5) is 14.9. The SMILES string of the molecule is CCc1ccc(CC(=O)C2COc3ccccc3C2)s1. The predicted molar refractivity (Wildman–Crippen MR) is 81.5 cm³/mol. The van der Waals surface area contributed by atoms with Gasteiger partial charge < -0.3 is 4.74 Å². The van der Waals surface area contributed by atoms with Crippen molar-refractivity contribution in [2.45, 2.75) is 26.2 Å². The molecular formula is C17H18O2S. The van der Waals surface area contributed by atoms with Crippen LogP contribution >= 0.6 is 11.3 Å². The zero-order valence-electron chi connectivity index (χ0n) is 11.6. The van der Waals surface area contributed by atoms with Crippen molar-refractivity contribution in [1.82, 2.24) is 0 Å². The molecule has 0 saturated heterocycles. The number of rotatable bonds is 4. The molecule has 1 atom stereocenters. The van der Waals surface area contributed by atoms with Crippen LogP contribution in [-0.4, -0.2) is 12.4 Å². The highest BCUT2D eigenvalue weighted by molar-refractivity contribution is 7.12. The molecule has 3 rings (SSSR count).